The maximum absolute atomic E-state index is 12.5. The number of aryl methyl sites for hydroxylation is 2. The van der Waals surface area contributed by atoms with Gasteiger partial charge >= 0.3 is 0 Å². The smallest absolute Gasteiger partial charge is 0.270 e. The van der Waals surface area contributed by atoms with Gasteiger partial charge in [-0.2, -0.15) is 0 Å². The summed E-state index contributed by atoms with van der Waals surface area (Å²) in [5, 5.41) is 6.73. The Morgan fingerprint density at radius 2 is 1.81 bits per heavy atom. The molecule has 0 bridgehead atoms. The van der Waals surface area contributed by atoms with Crippen LogP contribution in [0.15, 0.2) is 54.6 Å². The fraction of sp³-hybridized carbons (Fsp3) is 0.190. The van der Waals surface area contributed by atoms with Crippen molar-refractivity contribution in [3.8, 4) is 0 Å². The molecule has 1 aromatic heterocycles. The minimum absolute atomic E-state index is 0.265. The van der Waals surface area contributed by atoms with Crippen LogP contribution in [0.2, 0.25) is 5.02 Å². The summed E-state index contributed by atoms with van der Waals surface area (Å²) in [6, 6.07) is 17.3. The van der Waals surface area contributed by atoms with Gasteiger partial charge in [0.15, 0.2) is 0 Å². The lowest BCUT2D eigenvalue weighted by Crippen LogP contribution is -2.24. The number of rotatable bonds is 6. The molecule has 6 heteroatoms. The Balaban J connectivity index is 1.67. The van der Waals surface area contributed by atoms with Gasteiger partial charge in [0.05, 0.1) is 0 Å². The number of halogens is 1. The number of carbonyl (C=O) groups excluding carboxylic acids is 1. The molecule has 2 N–H and O–H groups in total. The van der Waals surface area contributed by atoms with Crippen LogP contribution in [0.4, 0.5) is 5.82 Å². The Bertz CT molecular complexity index is 958. The summed E-state index contributed by atoms with van der Waals surface area (Å²) >= 11 is 6.13. The van der Waals surface area contributed by atoms with Gasteiger partial charge in [-0.25, -0.2) is 9.97 Å². The van der Waals surface area contributed by atoms with Crippen molar-refractivity contribution >= 4 is 23.3 Å². The Labute approximate surface area is 163 Å². The summed E-state index contributed by atoms with van der Waals surface area (Å²) in [5.74, 6) is 0.887. The highest BCUT2D eigenvalue weighted by Gasteiger charge is 2.11. The van der Waals surface area contributed by atoms with Crippen LogP contribution in [0.3, 0.4) is 0 Å². The highest BCUT2D eigenvalue weighted by atomic mass is 35.5. The molecular formula is C21H21ClN4O. The molecule has 138 valence electrons. The molecule has 0 aliphatic rings. The van der Waals surface area contributed by atoms with Crippen LogP contribution in [-0.2, 0) is 13.1 Å². The van der Waals surface area contributed by atoms with E-state index in [2.05, 4.69) is 39.7 Å². The first kappa shape index (κ1) is 18.9. The number of amides is 1. The van der Waals surface area contributed by atoms with Gasteiger partial charge in [0.2, 0.25) is 0 Å². The first-order chi connectivity index (χ1) is 13.0. The van der Waals surface area contributed by atoms with E-state index in [1.165, 1.54) is 5.56 Å². The minimum atomic E-state index is -0.265. The van der Waals surface area contributed by atoms with E-state index in [4.69, 9.17) is 11.6 Å². The van der Waals surface area contributed by atoms with E-state index >= 15 is 0 Å². The topological polar surface area (TPSA) is 66.9 Å². The van der Waals surface area contributed by atoms with Gasteiger partial charge in [-0.05, 0) is 31.0 Å². The summed E-state index contributed by atoms with van der Waals surface area (Å²) in [6.45, 7) is 4.79. The van der Waals surface area contributed by atoms with Crippen molar-refractivity contribution in [2.75, 3.05) is 5.32 Å². The molecule has 0 aliphatic carbocycles. The van der Waals surface area contributed by atoms with Crippen LogP contribution >= 0.6 is 11.6 Å². The highest BCUT2D eigenvalue weighted by molar-refractivity contribution is 6.31. The maximum Gasteiger partial charge on any atom is 0.270 e. The largest absolute Gasteiger partial charge is 0.366 e. The third kappa shape index (κ3) is 5.28. The second-order valence-corrected chi connectivity index (χ2v) is 6.71. The molecule has 1 heterocycles. The number of benzene rings is 2. The normalized spacial score (nSPS) is 10.5. The first-order valence-corrected chi connectivity index (χ1v) is 9.06. The number of carbonyl (C=O) groups is 1. The van der Waals surface area contributed by atoms with Crippen LogP contribution in [0.5, 0.6) is 0 Å². The summed E-state index contributed by atoms with van der Waals surface area (Å²) < 4.78 is 0. The zero-order chi connectivity index (χ0) is 19.2. The van der Waals surface area contributed by atoms with Gasteiger partial charge in [-0.3, -0.25) is 4.79 Å². The number of hydrogen-bond acceptors (Lipinski definition) is 4. The predicted octanol–water partition coefficient (Wildman–Crippen LogP) is 4.29. The Morgan fingerprint density at radius 3 is 2.59 bits per heavy atom. The van der Waals surface area contributed by atoms with Gasteiger partial charge in [-0.1, -0.05) is 59.6 Å². The van der Waals surface area contributed by atoms with E-state index in [0.29, 0.717) is 35.4 Å². The summed E-state index contributed by atoms with van der Waals surface area (Å²) in [7, 11) is 0. The molecule has 27 heavy (non-hydrogen) atoms. The summed E-state index contributed by atoms with van der Waals surface area (Å²) in [4.78, 5) is 21.1. The molecule has 5 nitrogen and oxygen atoms in total. The standard InChI is InChI=1S/C21H21ClN4O/c1-14-6-5-7-16(10-14)12-23-20-11-19(25-15(2)26-20)21(27)24-13-17-8-3-4-9-18(17)22/h3-11H,12-13H2,1-2H3,(H,24,27)(H,23,25,26). The van der Waals surface area contributed by atoms with E-state index in [9.17, 15) is 4.79 Å². The molecular weight excluding hydrogens is 360 g/mol. The molecule has 1 amide bonds. The van der Waals surface area contributed by atoms with E-state index in [1.54, 1.807) is 19.1 Å². The molecule has 0 unspecified atom stereocenters. The van der Waals surface area contributed by atoms with Gasteiger partial charge in [0.25, 0.3) is 5.91 Å². The van der Waals surface area contributed by atoms with E-state index < -0.39 is 0 Å². The number of anilines is 1. The lowest BCUT2D eigenvalue weighted by Gasteiger charge is -2.10. The SMILES string of the molecule is Cc1cccc(CNc2cc(C(=O)NCc3ccccc3Cl)nc(C)n2)c1. The van der Waals surface area contributed by atoms with Crippen molar-refractivity contribution in [2.45, 2.75) is 26.9 Å². The molecule has 3 aromatic rings. The van der Waals surface area contributed by atoms with Crippen molar-refractivity contribution < 1.29 is 4.79 Å². The van der Waals surface area contributed by atoms with E-state index in [-0.39, 0.29) is 5.91 Å². The van der Waals surface area contributed by atoms with E-state index in [1.807, 2.05) is 30.3 Å². The molecule has 3 rings (SSSR count). The monoisotopic (exact) mass is 380 g/mol. The average molecular weight is 381 g/mol. The Morgan fingerprint density at radius 1 is 1.00 bits per heavy atom. The molecule has 0 fully saturated rings. The third-order valence-corrected chi connectivity index (χ3v) is 4.39. The second kappa shape index (κ2) is 8.64. The Hall–Kier alpha value is -2.92. The third-order valence-electron chi connectivity index (χ3n) is 4.02. The van der Waals surface area contributed by atoms with Crippen molar-refractivity contribution in [1.29, 1.82) is 0 Å². The summed E-state index contributed by atoms with van der Waals surface area (Å²) in [6.07, 6.45) is 0. The van der Waals surface area contributed by atoms with Gasteiger partial charge in [0, 0.05) is 24.2 Å². The van der Waals surface area contributed by atoms with Crippen LogP contribution in [0.25, 0.3) is 0 Å². The highest BCUT2D eigenvalue weighted by Crippen LogP contribution is 2.15. The predicted molar refractivity (Wildman–Crippen MR) is 108 cm³/mol. The zero-order valence-corrected chi connectivity index (χ0v) is 16.0. The van der Waals surface area contributed by atoms with Crippen molar-refractivity contribution in [2.24, 2.45) is 0 Å². The molecule has 0 aliphatic heterocycles. The molecule has 0 saturated carbocycles. The fourth-order valence-corrected chi connectivity index (χ4v) is 2.90. The summed E-state index contributed by atoms with van der Waals surface area (Å²) in [5.41, 5.74) is 3.53. The number of aromatic nitrogens is 2. The quantitative estimate of drug-likeness (QED) is 0.669. The second-order valence-electron chi connectivity index (χ2n) is 6.30. The number of nitrogens with zero attached hydrogens (tertiary/aromatic N) is 2. The van der Waals surface area contributed by atoms with Gasteiger partial charge in [0.1, 0.15) is 17.3 Å². The molecule has 0 atom stereocenters. The van der Waals surface area contributed by atoms with Crippen molar-refractivity contribution in [3.05, 3.63) is 87.8 Å². The lowest BCUT2D eigenvalue weighted by molar-refractivity contribution is 0.0945. The van der Waals surface area contributed by atoms with Crippen molar-refractivity contribution in [3.63, 3.8) is 0 Å². The Kier molecular flexibility index (Phi) is 6.04. The average Bonchev–Trinajstić information content (AvgIpc) is 2.65. The van der Waals surface area contributed by atoms with Crippen molar-refractivity contribution in [1.82, 2.24) is 15.3 Å². The zero-order valence-electron chi connectivity index (χ0n) is 15.3. The van der Waals surface area contributed by atoms with Crippen LogP contribution < -0.4 is 10.6 Å². The minimum Gasteiger partial charge on any atom is -0.366 e. The van der Waals surface area contributed by atoms with Crippen LogP contribution in [-0.4, -0.2) is 15.9 Å². The van der Waals surface area contributed by atoms with Gasteiger partial charge in [-0.15, -0.1) is 0 Å². The molecule has 0 spiro atoms. The lowest BCUT2D eigenvalue weighted by atomic mass is 10.1. The van der Waals surface area contributed by atoms with Crippen LogP contribution in [0, 0.1) is 13.8 Å². The maximum atomic E-state index is 12.5. The molecule has 0 radical (unpaired) electrons. The molecule has 2 aromatic carbocycles. The van der Waals surface area contributed by atoms with Gasteiger partial charge < -0.3 is 10.6 Å². The van der Waals surface area contributed by atoms with Crippen LogP contribution in [0.1, 0.15) is 33.0 Å². The van der Waals surface area contributed by atoms with E-state index in [0.717, 1.165) is 11.1 Å². The fourth-order valence-electron chi connectivity index (χ4n) is 2.70. The number of hydrogen-bond donors (Lipinski definition) is 2. The first-order valence-electron chi connectivity index (χ1n) is 8.68. The number of nitrogens with one attached hydrogen (secondary N) is 2. The molecule has 0 saturated heterocycles.